The average Bonchev–Trinajstić information content (AvgIpc) is 2.59. The number of hydrogen-bond donors (Lipinski definition) is 1. The molecular formula is C20H23ClN2. The Morgan fingerprint density at radius 3 is 2.70 bits per heavy atom. The van der Waals surface area contributed by atoms with Crippen molar-refractivity contribution < 1.29 is 0 Å². The van der Waals surface area contributed by atoms with E-state index in [2.05, 4.69) is 37.4 Å². The lowest BCUT2D eigenvalue weighted by atomic mass is 9.87. The molecule has 2 heterocycles. The molecule has 2 aromatic rings. The molecule has 0 saturated carbocycles. The Morgan fingerprint density at radius 1 is 1.22 bits per heavy atom. The van der Waals surface area contributed by atoms with Gasteiger partial charge in [-0.25, -0.2) is 0 Å². The molecule has 3 heteroatoms. The van der Waals surface area contributed by atoms with E-state index >= 15 is 0 Å². The predicted molar refractivity (Wildman–Crippen MR) is 97.9 cm³/mol. The Hall–Kier alpha value is -1.64. The number of nitrogens with one attached hydrogen (secondary N) is 1. The van der Waals surface area contributed by atoms with Gasteiger partial charge in [-0.1, -0.05) is 36.2 Å². The topological polar surface area (TPSA) is 24.9 Å². The highest BCUT2D eigenvalue weighted by Crippen LogP contribution is 2.34. The fraction of sp³-hybridized carbons (Fsp3) is 0.350. The lowest BCUT2D eigenvalue weighted by Gasteiger charge is -2.23. The number of pyridine rings is 1. The van der Waals surface area contributed by atoms with Crippen LogP contribution in [0.15, 0.2) is 42.1 Å². The molecule has 1 N–H and O–H groups in total. The van der Waals surface area contributed by atoms with Crippen LogP contribution >= 0.6 is 11.6 Å². The molecule has 1 fully saturated rings. The van der Waals surface area contributed by atoms with Gasteiger partial charge in [0, 0.05) is 16.8 Å². The van der Waals surface area contributed by atoms with Crippen LogP contribution in [0, 0.1) is 6.92 Å². The molecule has 0 spiro atoms. The van der Waals surface area contributed by atoms with Crippen molar-refractivity contribution in [2.75, 3.05) is 13.1 Å². The van der Waals surface area contributed by atoms with Gasteiger partial charge in [0.2, 0.25) is 0 Å². The minimum atomic E-state index is 0.804. The van der Waals surface area contributed by atoms with Crippen molar-refractivity contribution in [3.8, 4) is 0 Å². The Morgan fingerprint density at radius 2 is 2.00 bits per heavy atom. The van der Waals surface area contributed by atoms with E-state index in [9.17, 15) is 0 Å². The predicted octanol–water partition coefficient (Wildman–Crippen LogP) is 4.79. The van der Waals surface area contributed by atoms with Gasteiger partial charge in [0.15, 0.2) is 0 Å². The van der Waals surface area contributed by atoms with Gasteiger partial charge in [0.05, 0.1) is 5.69 Å². The van der Waals surface area contributed by atoms with Gasteiger partial charge < -0.3 is 5.32 Å². The number of rotatable bonds is 3. The zero-order chi connectivity index (χ0) is 16.2. The van der Waals surface area contributed by atoms with Gasteiger partial charge in [-0.2, -0.15) is 0 Å². The molecule has 1 aromatic carbocycles. The van der Waals surface area contributed by atoms with Crippen LogP contribution in [-0.4, -0.2) is 18.1 Å². The average molecular weight is 327 g/mol. The SMILES string of the molecule is CCc1cc(Cl)ccc1C(=C1CCNCC1)c1ncccc1C. The number of benzene rings is 1. The quantitative estimate of drug-likeness (QED) is 0.877. The third-order valence-corrected chi connectivity index (χ3v) is 4.76. The van der Waals surface area contributed by atoms with E-state index in [0.29, 0.717) is 0 Å². The minimum Gasteiger partial charge on any atom is -0.316 e. The number of halogens is 1. The molecule has 1 aliphatic heterocycles. The summed E-state index contributed by atoms with van der Waals surface area (Å²) in [4.78, 5) is 4.72. The van der Waals surface area contributed by atoms with E-state index in [4.69, 9.17) is 16.6 Å². The van der Waals surface area contributed by atoms with E-state index in [1.807, 2.05) is 18.3 Å². The van der Waals surface area contributed by atoms with Gasteiger partial charge >= 0.3 is 0 Å². The van der Waals surface area contributed by atoms with Crippen molar-refractivity contribution in [1.29, 1.82) is 0 Å². The minimum absolute atomic E-state index is 0.804. The van der Waals surface area contributed by atoms with Gasteiger partial charge in [-0.05, 0) is 74.2 Å². The number of piperidine rings is 1. The third kappa shape index (κ3) is 3.49. The molecule has 1 saturated heterocycles. The molecule has 1 aliphatic rings. The summed E-state index contributed by atoms with van der Waals surface area (Å²) in [5, 5.41) is 4.25. The van der Waals surface area contributed by atoms with Crippen LogP contribution in [0.5, 0.6) is 0 Å². The fourth-order valence-electron chi connectivity index (χ4n) is 3.31. The van der Waals surface area contributed by atoms with Crippen LogP contribution in [0.25, 0.3) is 5.57 Å². The monoisotopic (exact) mass is 326 g/mol. The van der Waals surface area contributed by atoms with E-state index in [1.54, 1.807) is 0 Å². The van der Waals surface area contributed by atoms with Crippen LogP contribution in [-0.2, 0) is 6.42 Å². The van der Waals surface area contributed by atoms with Gasteiger partial charge in [0.25, 0.3) is 0 Å². The summed E-state index contributed by atoms with van der Waals surface area (Å²) < 4.78 is 0. The maximum atomic E-state index is 6.22. The van der Waals surface area contributed by atoms with Crippen LogP contribution in [0.4, 0.5) is 0 Å². The molecule has 0 radical (unpaired) electrons. The first-order valence-corrected chi connectivity index (χ1v) is 8.72. The molecule has 23 heavy (non-hydrogen) atoms. The summed E-state index contributed by atoms with van der Waals surface area (Å²) >= 11 is 6.22. The Balaban J connectivity index is 2.23. The van der Waals surface area contributed by atoms with Crippen molar-refractivity contribution in [2.24, 2.45) is 0 Å². The lowest BCUT2D eigenvalue weighted by molar-refractivity contribution is 0.611. The molecule has 1 aromatic heterocycles. The number of nitrogens with zero attached hydrogens (tertiary/aromatic N) is 1. The molecule has 0 atom stereocenters. The molecule has 3 rings (SSSR count). The highest BCUT2D eigenvalue weighted by Gasteiger charge is 2.19. The molecule has 2 nitrogen and oxygen atoms in total. The second-order valence-electron chi connectivity index (χ2n) is 6.05. The summed E-state index contributed by atoms with van der Waals surface area (Å²) in [6.45, 7) is 6.41. The largest absolute Gasteiger partial charge is 0.316 e. The zero-order valence-electron chi connectivity index (χ0n) is 13.8. The van der Waals surface area contributed by atoms with Crippen LogP contribution in [0.1, 0.15) is 42.1 Å². The standard InChI is InChI=1S/C20H23ClN2/c1-3-15-13-17(21)6-7-18(15)19(16-8-11-22-12-9-16)20-14(2)5-4-10-23-20/h4-7,10,13,22H,3,8-9,11-12H2,1-2H3. The molecule has 0 unspecified atom stereocenters. The van der Waals surface area contributed by atoms with Crippen LogP contribution in [0.2, 0.25) is 5.02 Å². The molecular weight excluding hydrogens is 304 g/mol. The Bertz CT molecular complexity index is 726. The van der Waals surface area contributed by atoms with Crippen LogP contribution < -0.4 is 5.32 Å². The Labute approximate surface area is 143 Å². The first kappa shape index (κ1) is 16.2. The number of hydrogen-bond acceptors (Lipinski definition) is 2. The van der Waals surface area contributed by atoms with Crippen molar-refractivity contribution in [3.63, 3.8) is 0 Å². The van der Waals surface area contributed by atoms with Crippen molar-refractivity contribution in [2.45, 2.75) is 33.1 Å². The smallest absolute Gasteiger partial charge is 0.0736 e. The number of aromatic nitrogens is 1. The summed E-state index contributed by atoms with van der Waals surface area (Å²) in [5.74, 6) is 0. The molecule has 120 valence electrons. The zero-order valence-corrected chi connectivity index (χ0v) is 14.6. The fourth-order valence-corrected chi connectivity index (χ4v) is 3.50. The van der Waals surface area contributed by atoms with Crippen molar-refractivity contribution in [3.05, 3.63) is 69.5 Å². The van der Waals surface area contributed by atoms with E-state index in [-0.39, 0.29) is 0 Å². The maximum absolute atomic E-state index is 6.22. The second kappa shape index (κ2) is 7.29. The highest BCUT2D eigenvalue weighted by atomic mass is 35.5. The summed E-state index contributed by atoms with van der Waals surface area (Å²) in [5.41, 5.74) is 7.74. The summed E-state index contributed by atoms with van der Waals surface area (Å²) in [6, 6.07) is 10.4. The summed E-state index contributed by atoms with van der Waals surface area (Å²) in [7, 11) is 0. The number of aryl methyl sites for hydroxylation is 2. The first-order valence-electron chi connectivity index (χ1n) is 8.34. The van der Waals surface area contributed by atoms with Gasteiger partial charge in [0.1, 0.15) is 0 Å². The Kier molecular flexibility index (Phi) is 5.14. The highest BCUT2D eigenvalue weighted by molar-refractivity contribution is 6.30. The molecule has 0 amide bonds. The molecule has 0 bridgehead atoms. The van der Waals surface area contributed by atoms with Gasteiger partial charge in [-0.15, -0.1) is 0 Å². The normalized spacial score (nSPS) is 14.8. The summed E-state index contributed by atoms with van der Waals surface area (Å²) in [6.07, 6.45) is 5.02. The lowest BCUT2D eigenvalue weighted by Crippen LogP contribution is -2.24. The second-order valence-corrected chi connectivity index (χ2v) is 6.49. The first-order chi connectivity index (χ1) is 11.2. The van der Waals surface area contributed by atoms with Crippen molar-refractivity contribution in [1.82, 2.24) is 10.3 Å². The van der Waals surface area contributed by atoms with E-state index < -0.39 is 0 Å². The third-order valence-electron chi connectivity index (χ3n) is 4.52. The van der Waals surface area contributed by atoms with E-state index in [1.165, 1.54) is 27.8 Å². The van der Waals surface area contributed by atoms with Crippen molar-refractivity contribution >= 4 is 17.2 Å². The maximum Gasteiger partial charge on any atom is 0.0736 e. The van der Waals surface area contributed by atoms with Crippen LogP contribution in [0.3, 0.4) is 0 Å². The van der Waals surface area contributed by atoms with E-state index in [0.717, 1.165) is 43.1 Å². The molecule has 0 aliphatic carbocycles. The van der Waals surface area contributed by atoms with Gasteiger partial charge in [-0.3, -0.25) is 4.98 Å².